The molecule has 1 N–H and O–H groups in total. The molecule has 0 saturated heterocycles. The lowest BCUT2D eigenvalue weighted by atomic mass is 10.2. The van der Waals surface area contributed by atoms with E-state index >= 15 is 0 Å². The number of Topliss-reactive ketones (excluding diaryl/α,β-unsaturated/α-hetero) is 1. The summed E-state index contributed by atoms with van der Waals surface area (Å²) in [7, 11) is 0. The number of fused-ring (bicyclic) bond motifs is 1. The van der Waals surface area contributed by atoms with E-state index in [4.69, 9.17) is 4.98 Å². The van der Waals surface area contributed by atoms with Crippen LogP contribution in [0, 0.1) is 18.3 Å². The summed E-state index contributed by atoms with van der Waals surface area (Å²) in [6.45, 7) is 3.29. The number of hydrogen-bond acceptors (Lipinski definition) is 8. The van der Waals surface area contributed by atoms with Crippen molar-refractivity contribution in [3.8, 4) is 17.7 Å². The average molecular weight is 435 g/mol. The standard InChI is InChI=1S/C23H17N9O/c1-14-9-18(11-24)30-32(14)23-19(15(2)33)4-6-22(29-23)31-13-25-20-10-16(3-5-21(20)31)28-17-7-8-26-27-12-17/h3-10,12-13H,1-2H3,(H,26,28). The van der Waals surface area contributed by atoms with Crippen molar-refractivity contribution in [1.29, 1.82) is 5.26 Å². The predicted molar refractivity (Wildman–Crippen MR) is 121 cm³/mol. The molecule has 4 aromatic heterocycles. The molecule has 10 nitrogen and oxygen atoms in total. The molecule has 0 bridgehead atoms. The van der Waals surface area contributed by atoms with Gasteiger partial charge in [-0.2, -0.15) is 20.6 Å². The molecule has 0 aliphatic carbocycles. The molecule has 5 aromatic rings. The molecular weight excluding hydrogens is 418 g/mol. The third-order valence-corrected chi connectivity index (χ3v) is 5.11. The maximum atomic E-state index is 12.2. The summed E-state index contributed by atoms with van der Waals surface area (Å²) in [6, 6.07) is 14.8. The molecule has 0 saturated carbocycles. The number of nitrogens with one attached hydrogen (secondary N) is 1. The summed E-state index contributed by atoms with van der Waals surface area (Å²) in [4.78, 5) is 21.5. The van der Waals surface area contributed by atoms with Crippen molar-refractivity contribution < 1.29 is 4.79 Å². The SMILES string of the molecule is CC(=O)c1ccc(-n2cnc3cc(Nc4ccnnc4)ccc32)nc1-n1nc(C#N)cc1C. The first-order chi connectivity index (χ1) is 16.0. The first-order valence-corrected chi connectivity index (χ1v) is 10.0. The number of nitriles is 1. The highest BCUT2D eigenvalue weighted by Crippen LogP contribution is 2.25. The van der Waals surface area contributed by atoms with E-state index in [1.807, 2.05) is 41.8 Å². The number of benzene rings is 1. The Kier molecular flexibility index (Phi) is 4.84. The molecule has 0 unspecified atom stereocenters. The summed E-state index contributed by atoms with van der Waals surface area (Å²) in [5.74, 6) is 0.795. The van der Waals surface area contributed by atoms with Gasteiger partial charge in [0.2, 0.25) is 0 Å². The van der Waals surface area contributed by atoms with Crippen LogP contribution in [0.3, 0.4) is 0 Å². The minimum absolute atomic E-state index is 0.144. The second-order valence-corrected chi connectivity index (χ2v) is 7.37. The van der Waals surface area contributed by atoms with Gasteiger partial charge < -0.3 is 5.32 Å². The topological polar surface area (TPSA) is 127 Å². The second kappa shape index (κ2) is 7.97. The lowest BCUT2D eigenvalue weighted by molar-refractivity contribution is 0.101. The molecule has 5 rings (SSSR count). The van der Waals surface area contributed by atoms with Crippen LogP contribution in [0.2, 0.25) is 0 Å². The summed E-state index contributed by atoms with van der Waals surface area (Å²) >= 11 is 0. The van der Waals surface area contributed by atoms with Gasteiger partial charge in [0, 0.05) is 11.4 Å². The zero-order valence-electron chi connectivity index (χ0n) is 17.8. The largest absolute Gasteiger partial charge is 0.354 e. The number of carbonyl (C=O) groups is 1. The number of carbonyl (C=O) groups excluding carboxylic acids is 1. The molecule has 10 heteroatoms. The smallest absolute Gasteiger partial charge is 0.166 e. The minimum Gasteiger partial charge on any atom is -0.354 e. The van der Waals surface area contributed by atoms with E-state index < -0.39 is 0 Å². The van der Waals surface area contributed by atoms with Gasteiger partial charge in [0.15, 0.2) is 17.3 Å². The van der Waals surface area contributed by atoms with Crippen LogP contribution < -0.4 is 5.32 Å². The third-order valence-electron chi connectivity index (χ3n) is 5.11. The maximum absolute atomic E-state index is 12.2. The second-order valence-electron chi connectivity index (χ2n) is 7.37. The van der Waals surface area contributed by atoms with E-state index in [1.165, 1.54) is 11.6 Å². The van der Waals surface area contributed by atoms with Crippen molar-refractivity contribution in [2.24, 2.45) is 0 Å². The summed E-state index contributed by atoms with van der Waals surface area (Å²) in [5, 5.41) is 24.4. The van der Waals surface area contributed by atoms with E-state index in [0.717, 1.165) is 22.4 Å². The van der Waals surface area contributed by atoms with Crippen LogP contribution in [-0.4, -0.2) is 40.3 Å². The van der Waals surface area contributed by atoms with Crippen molar-refractivity contribution in [3.05, 3.63) is 78.1 Å². The molecule has 0 aliphatic heterocycles. The van der Waals surface area contributed by atoms with Crippen LogP contribution in [0.25, 0.3) is 22.7 Å². The van der Waals surface area contributed by atoms with E-state index in [0.29, 0.717) is 22.9 Å². The van der Waals surface area contributed by atoms with Crippen LogP contribution in [0.5, 0.6) is 0 Å². The molecule has 160 valence electrons. The maximum Gasteiger partial charge on any atom is 0.166 e. The molecule has 1 aromatic carbocycles. The van der Waals surface area contributed by atoms with Gasteiger partial charge in [-0.25, -0.2) is 14.6 Å². The van der Waals surface area contributed by atoms with Gasteiger partial charge in [0.1, 0.15) is 18.2 Å². The molecule has 0 spiro atoms. The number of anilines is 2. The van der Waals surface area contributed by atoms with Crippen molar-refractivity contribution in [2.45, 2.75) is 13.8 Å². The van der Waals surface area contributed by atoms with Crippen molar-refractivity contribution in [3.63, 3.8) is 0 Å². The van der Waals surface area contributed by atoms with Gasteiger partial charge in [-0.05, 0) is 56.3 Å². The highest BCUT2D eigenvalue weighted by molar-refractivity contribution is 5.97. The van der Waals surface area contributed by atoms with E-state index in [2.05, 4.69) is 25.6 Å². The Morgan fingerprint density at radius 3 is 2.70 bits per heavy atom. The summed E-state index contributed by atoms with van der Waals surface area (Å²) in [5.41, 5.74) is 4.66. The monoisotopic (exact) mass is 435 g/mol. The number of ketones is 1. The van der Waals surface area contributed by atoms with Crippen molar-refractivity contribution in [2.75, 3.05) is 5.32 Å². The Hall–Kier alpha value is -4.91. The third kappa shape index (κ3) is 3.68. The number of pyridine rings is 1. The normalized spacial score (nSPS) is 10.8. The van der Waals surface area contributed by atoms with Gasteiger partial charge in [-0.3, -0.25) is 9.36 Å². The van der Waals surface area contributed by atoms with Crippen molar-refractivity contribution >= 4 is 28.2 Å². The Balaban J connectivity index is 1.57. The van der Waals surface area contributed by atoms with Gasteiger partial charge >= 0.3 is 0 Å². The van der Waals surface area contributed by atoms with Crippen LogP contribution in [-0.2, 0) is 0 Å². The van der Waals surface area contributed by atoms with Crippen LogP contribution in [0.15, 0.2) is 61.2 Å². The first kappa shape index (κ1) is 20.0. The summed E-state index contributed by atoms with van der Waals surface area (Å²) in [6.07, 6.45) is 4.93. The van der Waals surface area contributed by atoms with Crippen LogP contribution >= 0.6 is 0 Å². The number of aromatic nitrogens is 7. The fourth-order valence-electron chi connectivity index (χ4n) is 3.56. The fraction of sp³-hybridized carbons (Fsp3) is 0.0870. The van der Waals surface area contributed by atoms with Crippen molar-refractivity contribution in [1.82, 2.24) is 34.5 Å². The fourth-order valence-corrected chi connectivity index (χ4v) is 3.56. The highest BCUT2D eigenvalue weighted by Gasteiger charge is 2.17. The molecule has 33 heavy (non-hydrogen) atoms. The Morgan fingerprint density at radius 2 is 1.97 bits per heavy atom. The molecule has 0 radical (unpaired) electrons. The number of imidazole rings is 1. The van der Waals surface area contributed by atoms with Crippen LogP contribution in [0.4, 0.5) is 11.4 Å². The quantitative estimate of drug-likeness (QED) is 0.415. The number of aryl methyl sites for hydroxylation is 1. The van der Waals surface area contributed by atoms with Gasteiger partial charge in [-0.15, -0.1) is 0 Å². The Bertz CT molecular complexity index is 1540. The molecule has 0 aliphatic rings. The molecule has 4 heterocycles. The lowest BCUT2D eigenvalue weighted by Crippen LogP contribution is -2.11. The van der Waals surface area contributed by atoms with Gasteiger partial charge in [-0.1, -0.05) is 0 Å². The van der Waals surface area contributed by atoms with Crippen LogP contribution in [0.1, 0.15) is 28.7 Å². The zero-order valence-corrected chi connectivity index (χ0v) is 17.8. The number of rotatable bonds is 5. The molecule has 0 atom stereocenters. The Morgan fingerprint density at radius 1 is 1.09 bits per heavy atom. The molecule has 0 amide bonds. The lowest BCUT2D eigenvalue weighted by Gasteiger charge is -2.11. The number of hydrogen-bond donors (Lipinski definition) is 1. The van der Waals surface area contributed by atoms with E-state index in [9.17, 15) is 10.1 Å². The molecular formula is C23H17N9O. The molecule has 0 fully saturated rings. The first-order valence-electron chi connectivity index (χ1n) is 10.0. The van der Waals surface area contributed by atoms with Gasteiger partial charge in [0.05, 0.1) is 34.7 Å². The summed E-state index contributed by atoms with van der Waals surface area (Å²) < 4.78 is 3.35. The number of nitrogens with zero attached hydrogens (tertiary/aromatic N) is 8. The van der Waals surface area contributed by atoms with E-state index in [-0.39, 0.29) is 11.5 Å². The van der Waals surface area contributed by atoms with Gasteiger partial charge in [0.25, 0.3) is 0 Å². The average Bonchev–Trinajstić information content (AvgIpc) is 3.42. The zero-order chi connectivity index (χ0) is 22.9. The highest BCUT2D eigenvalue weighted by atomic mass is 16.1. The predicted octanol–water partition coefficient (Wildman–Crippen LogP) is 3.52. The van der Waals surface area contributed by atoms with E-state index in [1.54, 1.807) is 36.9 Å². The minimum atomic E-state index is -0.144. The Labute approximate surface area is 188 Å².